The topological polar surface area (TPSA) is 98.9 Å². The Morgan fingerprint density at radius 3 is 2.73 bits per heavy atom. The molecular weight excluding hydrogens is 414 g/mol. The lowest BCUT2D eigenvalue weighted by Crippen LogP contribution is -2.11. The molecule has 33 heavy (non-hydrogen) atoms. The van der Waals surface area contributed by atoms with E-state index in [0.717, 1.165) is 34.5 Å². The highest BCUT2D eigenvalue weighted by molar-refractivity contribution is 6.00. The van der Waals surface area contributed by atoms with Gasteiger partial charge in [-0.25, -0.2) is 14.6 Å². The number of hydrogen-bond acceptors (Lipinski definition) is 7. The number of nitrogens with two attached hydrogens (primary N) is 1. The van der Waals surface area contributed by atoms with E-state index in [9.17, 15) is 0 Å². The van der Waals surface area contributed by atoms with Crippen LogP contribution in [0.3, 0.4) is 0 Å². The molecule has 3 heterocycles. The van der Waals surface area contributed by atoms with E-state index in [-0.39, 0.29) is 6.01 Å². The molecule has 0 bridgehead atoms. The highest BCUT2D eigenvalue weighted by Gasteiger charge is 2.21. The Morgan fingerprint density at radius 2 is 1.88 bits per heavy atom. The molecule has 1 aliphatic rings. The minimum Gasteiger partial charge on any atom is -0.424 e. The maximum Gasteiger partial charge on any atom is 0.292 e. The molecule has 2 N–H and O–H groups in total. The average Bonchev–Trinajstić information content (AvgIpc) is 3.38. The van der Waals surface area contributed by atoms with Gasteiger partial charge in [-0.1, -0.05) is 18.2 Å². The number of nitrogen functional groups attached to an aromatic ring is 1. The zero-order chi connectivity index (χ0) is 22.5. The lowest BCUT2D eigenvalue weighted by atomic mass is 9.90. The van der Waals surface area contributed by atoms with Gasteiger partial charge in [0.05, 0.1) is 11.9 Å². The summed E-state index contributed by atoms with van der Waals surface area (Å²) in [6, 6.07) is 12.8. The molecule has 0 saturated heterocycles. The van der Waals surface area contributed by atoms with Crippen LogP contribution in [0.5, 0.6) is 0 Å². The number of aryl methyl sites for hydroxylation is 2. The monoisotopic (exact) mass is 439 g/mol. The van der Waals surface area contributed by atoms with Crippen molar-refractivity contribution in [3.8, 4) is 11.3 Å². The molecule has 6 rings (SSSR count). The molecule has 0 fully saturated rings. The van der Waals surface area contributed by atoms with Gasteiger partial charge in [0.15, 0.2) is 11.2 Å². The summed E-state index contributed by atoms with van der Waals surface area (Å²) in [6.07, 6.45) is 6.49. The predicted octanol–water partition coefficient (Wildman–Crippen LogP) is 4.21. The van der Waals surface area contributed by atoms with E-state index < -0.39 is 0 Å². The second kappa shape index (κ2) is 7.58. The minimum absolute atomic E-state index is 0.155. The van der Waals surface area contributed by atoms with Crippen molar-refractivity contribution < 1.29 is 4.42 Å². The van der Waals surface area contributed by atoms with E-state index in [0.29, 0.717) is 17.6 Å². The van der Waals surface area contributed by atoms with Gasteiger partial charge in [-0.05, 0) is 60.6 Å². The Kier molecular flexibility index (Phi) is 4.53. The first kappa shape index (κ1) is 19.7. The van der Waals surface area contributed by atoms with Gasteiger partial charge in [0.2, 0.25) is 0 Å². The van der Waals surface area contributed by atoms with E-state index >= 15 is 0 Å². The molecule has 8 heteroatoms. The van der Waals surface area contributed by atoms with Crippen molar-refractivity contribution in [3.63, 3.8) is 0 Å². The number of oxazole rings is 1. The summed E-state index contributed by atoms with van der Waals surface area (Å²) >= 11 is 0. The van der Waals surface area contributed by atoms with Gasteiger partial charge in [0.25, 0.3) is 6.01 Å². The summed E-state index contributed by atoms with van der Waals surface area (Å²) in [4.78, 5) is 15.5. The van der Waals surface area contributed by atoms with Crippen LogP contribution < -0.4 is 10.6 Å². The Hall–Kier alpha value is -3.94. The van der Waals surface area contributed by atoms with Crippen LogP contribution in [0.15, 0.2) is 47.1 Å². The van der Waals surface area contributed by atoms with Crippen molar-refractivity contribution >= 4 is 34.0 Å². The largest absolute Gasteiger partial charge is 0.424 e. The third kappa shape index (κ3) is 3.38. The Bertz CT molecular complexity index is 1500. The summed E-state index contributed by atoms with van der Waals surface area (Å²) in [5.74, 6) is 0.825. The van der Waals surface area contributed by atoms with Crippen molar-refractivity contribution in [1.29, 1.82) is 0 Å². The van der Waals surface area contributed by atoms with Crippen LogP contribution in [-0.2, 0) is 19.4 Å². The maximum atomic E-state index is 5.75. The molecular formula is C25H25N7O. The molecule has 0 aliphatic heterocycles. The number of aromatic nitrogens is 5. The summed E-state index contributed by atoms with van der Waals surface area (Å²) in [7, 11) is 3.96. The van der Waals surface area contributed by atoms with Gasteiger partial charge in [0, 0.05) is 19.7 Å². The SMILES string of the molecule is CN(C)c1ncnc2c1c(-c1ccc3oc(N)nc3c1)nn2Cc1ccc2c(c1)CCCC2. The highest BCUT2D eigenvalue weighted by Crippen LogP contribution is 2.34. The fourth-order valence-electron chi connectivity index (χ4n) is 4.79. The van der Waals surface area contributed by atoms with Gasteiger partial charge >= 0.3 is 0 Å². The zero-order valence-corrected chi connectivity index (χ0v) is 18.7. The summed E-state index contributed by atoms with van der Waals surface area (Å²) < 4.78 is 7.42. The number of rotatable bonds is 4. The number of nitrogens with zero attached hydrogens (tertiary/aromatic N) is 6. The molecule has 0 atom stereocenters. The second-order valence-electron chi connectivity index (χ2n) is 8.84. The van der Waals surface area contributed by atoms with E-state index in [2.05, 4.69) is 33.2 Å². The molecule has 2 aromatic carbocycles. The number of hydrogen-bond donors (Lipinski definition) is 1. The van der Waals surface area contributed by atoms with Crippen molar-refractivity contribution in [2.24, 2.45) is 0 Å². The minimum atomic E-state index is 0.155. The molecule has 0 saturated carbocycles. The molecule has 0 radical (unpaired) electrons. The van der Waals surface area contributed by atoms with Crippen molar-refractivity contribution in [2.75, 3.05) is 24.7 Å². The van der Waals surface area contributed by atoms with Crippen LogP contribution >= 0.6 is 0 Å². The number of benzene rings is 2. The van der Waals surface area contributed by atoms with Gasteiger partial charge < -0.3 is 15.1 Å². The number of anilines is 2. The number of fused-ring (bicyclic) bond motifs is 3. The lowest BCUT2D eigenvalue weighted by Gasteiger charge is -2.16. The summed E-state index contributed by atoms with van der Waals surface area (Å²) in [5, 5.41) is 5.93. The first-order valence-corrected chi connectivity index (χ1v) is 11.2. The molecule has 1 aliphatic carbocycles. The molecule has 0 amide bonds. The quantitative estimate of drug-likeness (QED) is 0.448. The third-order valence-electron chi connectivity index (χ3n) is 6.36. The summed E-state index contributed by atoms with van der Waals surface area (Å²) in [6.45, 7) is 0.646. The van der Waals surface area contributed by atoms with Crippen molar-refractivity contribution in [1.82, 2.24) is 24.7 Å². The van der Waals surface area contributed by atoms with E-state index in [1.165, 1.54) is 36.0 Å². The van der Waals surface area contributed by atoms with Crippen molar-refractivity contribution in [3.05, 3.63) is 59.4 Å². The van der Waals surface area contributed by atoms with E-state index in [1.807, 2.05) is 41.9 Å². The van der Waals surface area contributed by atoms with Gasteiger partial charge in [0.1, 0.15) is 23.4 Å². The van der Waals surface area contributed by atoms with Gasteiger partial charge in [-0.15, -0.1) is 0 Å². The van der Waals surface area contributed by atoms with Crippen LogP contribution in [-0.4, -0.2) is 38.8 Å². The van der Waals surface area contributed by atoms with Gasteiger partial charge in [-0.3, -0.25) is 0 Å². The highest BCUT2D eigenvalue weighted by atomic mass is 16.4. The fraction of sp³-hybridized carbons (Fsp3) is 0.280. The van der Waals surface area contributed by atoms with E-state index in [1.54, 1.807) is 6.33 Å². The molecule has 0 spiro atoms. The van der Waals surface area contributed by atoms with Crippen LogP contribution in [0, 0.1) is 0 Å². The Balaban J connectivity index is 1.50. The Labute approximate surface area is 191 Å². The average molecular weight is 440 g/mol. The van der Waals surface area contributed by atoms with Crippen LogP contribution in [0.2, 0.25) is 0 Å². The lowest BCUT2D eigenvalue weighted by molar-refractivity contribution is 0.626. The van der Waals surface area contributed by atoms with E-state index in [4.69, 9.17) is 15.2 Å². The summed E-state index contributed by atoms with van der Waals surface area (Å²) in [5.41, 5.74) is 13.8. The smallest absolute Gasteiger partial charge is 0.292 e. The van der Waals surface area contributed by atoms with Gasteiger partial charge in [-0.2, -0.15) is 10.1 Å². The first-order chi connectivity index (χ1) is 16.1. The Morgan fingerprint density at radius 1 is 1.03 bits per heavy atom. The molecule has 8 nitrogen and oxygen atoms in total. The first-order valence-electron chi connectivity index (χ1n) is 11.2. The van der Waals surface area contributed by atoms with Crippen LogP contribution in [0.25, 0.3) is 33.4 Å². The van der Waals surface area contributed by atoms with Crippen LogP contribution in [0.4, 0.5) is 11.8 Å². The third-order valence-corrected chi connectivity index (χ3v) is 6.36. The van der Waals surface area contributed by atoms with Crippen molar-refractivity contribution in [2.45, 2.75) is 32.2 Å². The predicted molar refractivity (Wildman–Crippen MR) is 129 cm³/mol. The zero-order valence-electron chi connectivity index (χ0n) is 18.7. The fourth-order valence-corrected chi connectivity index (χ4v) is 4.79. The van der Waals surface area contributed by atoms with Crippen LogP contribution in [0.1, 0.15) is 29.5 Å². The standard InChI is InChI=1S/C25H25N7O/c1-31(2)23-21-22(18-9-10-20-19(12-18)29-25(26)33-20)30-32(24(21)28-14-27-23)13-15-7-8-16-5-3-4-6-17(16)11-15/h7-12,14H,3-6,13H2,1-2H3,(H2,26,29). The molecule has 166 valence electrons. The second-order valence-corrected chi connectivity index (χ2v) is 8.84. The maximum absolute atomic E-state index is 5.75. The molecule has 3 aromatic heterocycles. The molecule has 0 unspecified atom stereocenters. The molecule has 5 aromatic rings. The normalized spacial score (nSPS) is 13.5.